The lowest BCUT2D eigenvalue weighted by Crippen LogP contribution is -2.18. The highest BCUT2D eigenvalue weighted by molar-refractivity contribution is 5.24. The summed E-state index contributed by atoms with van der Waals surface area (Å²) < 4.78 is 1.16. The van der Waals surface area contributed by atoms with Gasteiger partial charge in [0, 0.05) is 19.3 Å². The molecule has 0 radical (unpaired) electrons. The van der Waals surface area contributed by atoms with E-state index >= 15 is 0 Å². The average molecular weight is 184 g/mol. The Labute approximate surface area is 75.8 Å². The number of nitro groups is 1. The van der Waals surface area contributed by atoms with Gasteiger partial charge in [-0.1, -0.05) is 13.8 Å². The number of aryl methyl sites for hydroxylation is 1. The molecule has 13 heavy (non-hydrogen) atoms. The third-order valence-electron chi connectivity index (χ3n) is 1.30. The molecule has 0 unspecified atom stereocenters. The van der Waals surface area contributed by atoms with Gasteiger partial charge in [0.15, 0.2) is 0 Å². The van der Waals surface area contributed by atoms with Crippen LogP contribution in [0.1, 0.15) is 13.8 Å². The monoisotopic (exact) mass is 184 g/mol. The summed E-state index contributed by atoms with van der Waals surface area (Å²) in [6, 6.07) is 2.64. The fourth-order valence-corrected chi connectivity index (χ4v) is 0.722. The number of nitrogens with zero attached hydrogens (tertiary/aromatic N) is 2. The standard InChI is InChI=1S/C6H6N2O3.C2H6/c1-7-4-2-3-5(6(7)9)8(10)11;1-2/h2-4H,1H3;1-2H3. The van der Waals surface area contributed by atoms with Crippen molar-refractivity contribution >= 4 is 5.69 Å². The van der Waals surface area contributed by atoms with Crippen LogP contribution in [0.2, 0.25) is 0 Å². The van der Waals surface area contributed by atoms with Crippen LogP contribution in [-0.4, -0.2) is 9.49 Å². The molecule has 0 spiro atoms. The summed E-state index contributed by atoms with van der Waals surface area (Å²) in [5.41, 5.74) is -0.979. The summed E-state index contributed by atoms with van der Waals surface area (Å²) >= 11 is 0. The van der Waals surface area contributed by atoms with Crippen molar-refractivity contribution in [1.82, 2.24) is 4.57 Å². The molecule has 0 aliphatic heterocycles. The van der Waals surface area contributed by atoms with Crippen molar-refractivity contribution in [2.24, 2.45) is 7.05 Å². The number of rotatable bonds is 1. The van der Waals surface area contributed by atoms with Gasteiger partial charge in [-0.3, -0.25) is 14.9 Å². The Morgan fingerprint density at radius 2 is 2.00 bits per heavy atom. The summed E-state index contributed by atoms with van der Waals surface area (Å²) in [5.74, 6) is 0. The molecule has 5 heteroatoms. The Bertz CT molecular complexity index is 343. The van der Waals surface area contributed by atoms with Crippen LogP contribution in [0, 0.1) is 10.1 Å². The Morgan fingerprint density at radius 1 is 1.46 bits per heavy atom. The first-order valence-electron chi connectivity index (χ1n) is 3.93. The van der Waals surface area contributed by atoms with E-state index in [-0.39, 0.29) is 0 Å². The summed E-state index contributed by atoms with van der Waals surface area (Å²) in [5, 5.41) is 10.2. The number of aromatic nitrogens is 1. The lowest BCUT2D eigenvalue weighted by atomic mass is 10.4. The topological polar surface area (TPSA) is 65.1 Å². The van der Waals surface area contributed by atoms with Crippen LogP contribution in [0.3, 0.4) is 0 Å². The molecule has 1 aromatic heterocycles. The van der Waals surface area contributed by atoms with Crippen LogP contribution in [0.5, 0.6) is 0 Å². The second kappa shape index (κ2) is 5.08. The van der Waals surface area contributed by atoms with Crippen LogP contribution in [0.15, 0.2) is 23.1 Å². The third kappa shape index (κ3) is 2.70. The van der Waals surface area contributed by atoms with Gasteiger partial charge in [0.25, 0.3) is 0 Å². The van der Waals surface area contributed by atoms with Crippen LogP contribution >= 0.6 is 0 Å². The summed E-state index contributed by atoms with van der Waals surface area (Å²) in [7, 11) is 1.47. The molecule has 1 heterocycles. The van der Waals surface area contributed by atoms with Crippen LogP contribution in [-0.2, 0) is 7.05 Å². The van der Waals surface area contributed by atoms with Gasteiger partial charge in [0.05, 0.1) is 4.92 Å². The minimum Gasteiger partial charge on any atom is -0.313 e. The zero-order chi connectivity index (χ0) is 10.4. The summed E-state index contributed by atoms with van der Waals surface area (Å²) in [4.78, 5) is 20.4. The molecule has 72 valence electrons. The Hall–Kier alpha value is -1.65. The van der Waals surface area contributed by atoms with Crippen molar-refractivity contribution in [3.8, 4) is 0 Å². The van der Waals surface area contributed by atoms with Crippen molar-refractivity contribution in [3.05, 3.63) is 38.8 Å². The maximum atomic E-state index is 10.9. The van der Waals surface area contributed by atoms with E-state index in [0.29, 0.717) is 0 Å². The van der Waals surface area contributed by atoms with Crippen LogP contribution in [0.25, 0.3) is 0 Å². The van der Waals surface area contributed by atoms with Crippen molar-refractivity contribution in [3.63, 3.8) is 0 Å². The van der Waals surface area contributed by atoms with Gasteiger partial charge in [-0.15, -0.1) is 0 Å². The molecule has 5 nitrogen and oxygen atoms in total. The first kappa shape index (κ1) is 11.4. The largest absolute Gasteiger partial charge is 0.334 e. The van der Waals surface area contributed by atoms with E-state index in [1.807, 2.05) is 13.8 Å². The highest BCUT2D eigenvalue weighted by Crippen LogP contribution is 1.99. The average Bonchev–Trinajstić information content (AvgIpc) is 2.13. The maximum Gasteiger partial charge on any atom is 0.334 e. The van der Waals surface area contributed by atoms with Gasteiger partial charge in [0.2, 0.25) is 0 Å². The first-order chi connectivity index (χ1) is 6.13. The van der Waals surface area contributed by atoms with E-state index in [9.17, 15) is 14.9 Å². The molecule has 0 aromatic carbocycles. The Balaban J connectivity index is 0.000000671. The molecular formula is C8H12N2O3. The second-order valence-electron chi connectivity index (χ2n) is 2.07. The molecule has 0 amide bonds. The third-order valence-corrected chi connectivity index (χ3v) is 1.30. The minimum absolute atomic E-state index is 0.394. The second-order valence-corrected chi connectivity index (χ2v) is 2.07. The predicted molar refractivity (Wildman–Crippen MR) is 49.7 cm³/mol. The van der Waals surface area contributed by atoms with Crippen molar-refractivity contribution in [1.29, 1.82) is 0 Å². The molecule has 0 saturated carbocycles. The SMILES string of the molecule is CC.Cn1cccc([N+](=O)[O-])c1=O. The lowest BCUT2D eigenvalue weighted by molar-refractivity contribution is -0.386. The Morgan fingerprint density at radius 3 is 2.38 bits per heavy atom. The molecule has 0 fully saturated rings. The van der Waals surface area contributed by atoms with E-state index < -0.39 is 16.2 Å². The van der Waals surface area contributed by atoms with E-state index in [0.717, 1.165) is 4.57 Å². The maximum absolute atomic E-state index is 10.9. The van der Waals surface area contributed by atoms with Gasteiger partial charge in [-0.05, 0) is 6.07 Å². The molecular weight excluding hydrogens is 172 g/mol. The van der Waals surface area contributed by atoms with Gasteiger partial charge >= 0.3 is 11.2 Å². The number of hydrogen-bond donors (Lipinski definition) is 0. The molecule has 1 rings (SSSR count). The molecule has 0 aliphatic carbocycles. The molecule has 0 N–H and O–H groups in total. The van der Waals surface area contributed by atoms with E-state index in [2.05, 4.69) is 0 Å². The summed E-state index contributed by atoms with van der Waals surface area (Å²) in [6.45, 7) is 4.00. The van der Waals surface area contributed by atoms with Gasteiger partial charge in [0.1, 0.15) is 0 Å². The molecule has 0 bridgehead atoms. The molecule has 0 aliphatic rings. The van der Waals surface area contributed by atoms with Crippen LogP contribution in [0.4, 0.5) is 5.69 Å². The normalized spacial score (nSPS) is 8.54. The van der Waals surface area contributed by atoms with E-state index in [1.165, 1.54) is 25.4 Å². The van der Waals surface area contributed by atoms with Gasteiger partial charge < -0.3 is 4.57 Å². The van der Waals surface area contributed by atoms with Crippen molar-refractivity contribution in [2.45, 2.75) is 13.8 Å². The lowest BCUT2D eigenvalue weighted by Gasteiger charge is -1.93. The smallest absolute Gasteiger partial charge is 0.313 e. The van der Waals surface area contributed by atoms with Crippen molar-refractivity contribution in [2.75, 3.05) is 0 Å². The zero-order valence-corrected chi connectivity index (χ0v) is 7.85. The van der Waals surface area contributed by atoms with E-state index in [1.54, 1.807) is 0 Å². The molecule has 0 saturated heterocycles. The summed E-state index contributed by atoms with van der Waals surface area (Å²) in [6.07, 6.45) is 1.47. The Kier molecular flexibility index (Phi) is 4.43. The predicted octanol–water partition coefficient (Wildman–Crippen LogP) is 1.32. The fourth-order valence-electron chi connectivity index (χ4n) is 0.722. The number of hydrogen-bond acceptors (Lipinski definition) is 3. The minimum atomic E-state index is -0.692. The van der Waals surface area contributed by atoms with Crippen molar-refractivity contribution < 1.29 is 4.92 Å². The van der Waals surface area contributed by atoms with Gasteiger partial charge in [-0.25, -0.2) is 0 Å². The number of pyridine rings is 1. The first-order valence-corrected chi connectivity index (χ1v) is 3.93. The van der Waals surface area contributed by atoms with Gasteiger partial charge in [-0.2, -0.15) is 0 Å². The highest BCUT2D eigenvalue weighted by Gasteiger charge is 2.10. The quantitative estimate of drug-likeness (QED) is 0.488. The zero-order valence-electron chi connectivity index (χ0n) is 7.85. The van der Waals surface area contributed by atoms with Crippen LogP contribution < -0.4 is 5.56 Å². The van der Waals surface area contributed by atoms with E-state index in [4.69, 9.17) is 0 Å². The highest BCUT2D eigenvalue weighted by atomic mass is 16.6. The molecule has 0 atom stereocenters. The fraction of sp³-hybridized carbons (Fsp3) is 0.375. The molecule has 1 aromatic rings.